The van der Waals surface area contributed by atoms with Crippen molar-refractivity contribution in [3.05, 3.63) is 24.0 Å². The summed E-state index contributed by atoms with van der Waals surface area (Å²) in [6.45, 7) is 9.44. The van der Waals surface area contributed by atoms with Crippen LogP contribution >= 0.6 is 0 Å². The van der Waals surface area contributed by atoms with Crippen LogP contribution in [0.2, 0.25) is 0 Å². The van der Waals surface area contributed by atoms with Gasteiger partial charge in [0.05, 0.1) is 23.7 Å². The molecule has 3 nitrogen and oxygen atoms in total. The van der Waals surface area contributed by atoms with Crippen molar-refractivity contribution in [1.82, 2.24) is 4.98 Å². The molecule has 0 radical (unpaired) electrons. The van der Waals surface area contributed by atoms with E-state index in [1.54, 1.807) is 6.92 Å². The summed E-state index contributed by atoms with van der Waals surface area (Å²) in [5, 5.41) is 9.46. The summed E-state index contributed by atoms with van der Waals surface area (Å²) in [4.78, 5) is 6.69. The number of aromatic nitrogens is 1. The van der Waals surface area contributed by atoms with Crippen LogP contribution in [0.1, 0.15) is 58.8 Å². The Morgan fingerprint density at radius 3 is 2.39 bits per heavy atom. The molecule has 0 saturated carbocycles. The van der Waals surface area contributed by atoms with E-state index < -0.39 is 6.10 Å². The van der Waals surface area contributed by atoms with Crippen LogP contribution in [0.3, 0.4) is 0 Å². The molecule has 0 aliphatic heterocycles. The zero-order valence-electron chi connectivity index (χ0n) is 12.1. The summed E-state index contributed by atoms with van der Waals surface area (Å²) >= 11 is 0. The Morgan fingerprint density at radius 1 is 1.22 bits per heavy atom. The second-order valence-corrected chi connectivity index (χ2v) is 5.11. The lowest BCUT2D eigenvalue weighted by atomic mass is 10.2. The van der Waals surface area contributed by atoms with Crippen LogP contribution in [0, 0.1) is 0 Å². The topological polar surface area (TPSA) is 36.4 Å². The maximum Gasteiger partial charge on any atom is 0.0931 e. The number of hydrogen-bond acceptors (Lipinski definition) is 3. The number of hydrogen-bond donors (Lipinski definition) is 1. The normalized spacial score (nSPS) is 12.8. The fourth-order valence-electron chi connectivity index (χ4n) is 2.03. The summed E-state index contributed by atoms with van der Waals surface area (Å²) in [6, 6.07) is 4.44. The number of unbranched alkanes of at least 4 members (excludes halogenated alkanes) is 2. The molecule has 1 unspecified atom stereocenters. The van der Waals surface area contributed by atoms with Crippen molar-refractivity contribution >= 4 is 5.69 Å². The average Bonchev–Trinajstić information content (AvgIpc) is 2.34. The Bertz CT molecular complexity index is 333. The number of aliphatic hydroxyl groups excluding tert-OH is 1. The highest BCUT2D eigenvalue weighted by Gasteiger charge is 2.11. The lowest BCUT2D eigenvalue weighted by molar-refractivity contribution is 0.194. The second-order valence-electron chi connectivity index (χ2n) is 5.11. The number of rotatable bonds is 7. The molecule has 0 aliphatic carbocycles. The standard InChI is InChI=1S/C15H26N2O/c1-5-6-7-10-17(12(2)3)14-8-9-15(13(4)18)16-11-14/h8-9,11-13,18H,5-7,10H2,1-4H3. The van der Waals surface area contributed by atoms with Gasteiger partial charge in [-0.25, -0.2) is 0 Å². The largest absolute Gasteiger partial charge is 0.387 e. The van der Waals surface area contributed by atoms with E-state index in [1.807, 2.05) is 12.3 Å². The third-order valence-electron chi connectivity index (χ3n) is 3.16. The summed E-state index contributed by atoms with van der Waals surface area (Å²) < 4.78 is 0. The first-order chi connectivity index (χ1) is 8.56. The van der Waals surface area contributed by atoms with Gasteiger partial charge in [0.25, 0.3) is 0 Å². The molecule has 0 fully saturated rings. The van der Waals surface area contributed by atoms with Gasteiger partial charge in [-0.05, 0) is 39.3 Å². The highest BCUT2D eigenvalue weighted by atomic mass is 16.3. The first kappa shape index (κ1) is 15.0. The molecule has 0 aliphatic rings. The molecule has 0 bridgehead atoms. The molecule has 0 spiro atoms. The summed E-state index contributed by atoms with van der Waals surface area (Å²) in [5.41, 5.74) is 1.88. The molecule has 18 heavy (non-hydrogen) atoms. The van der Waals surface area contributed by atoms with Crippen LogP contribution in [0.4, 0.5) is 5.69 Å². The van der Waals surface area contributed by atoms with Crippen LogP contribution in [-0.2, 0) is 0 Å². The van der Waals surface area contributed by atoms with Gasteiger partial charge in [-0.2, -0.15) is 0 Å². The molecular formula is C15H26N2O. The van der Waals surface area contributed by atoms with E-state index in [9.17, 15) is 5.11 Å². The minimum Gasteiger partial charge on any atom is -0.387 e. The van der Waals surface area contributed by atoms with Crippen LogP contribution in [-0.4, -0.2) is 22.7 Å². The van der Waals surface area contributed by atoms with Crippen molar-refractivity contribution in [1.29, 1.82) is 0 Å². The molecule has 1 rings (SSSR count). The molecule has 102 valence electrons. The Morgan fingerprint density at radius 2 is 1.94 bits per heavy atom. The Hall–Kier alpha value is -1.09. The summed E-state index contributed by atoms with van der Waals surface area (Å²) in [7, 11) is 0. The maximum absolute atomic E-state index is 9.46. The van der Waals surface area contributed by atoms with E-state index in [2.05, 4.69) is 36.7 Å². The van der Waals surface area contributed by atoms with Crippen LogP contribution < -0.4 is 4.90 Å². The average molecular weight is 250 g/mol. The number of aliphatic hydroxyl groups is 1. The van der Waals surface area contributed by atoms with Gasteiger partial charge in [-0.15, -0.1) is 0 Å². The molecule has 0 amide bonds. The fraction of sp³-hybridized carbons (Fsp3) is 0.667. The SMILES string of the molecule is CCCCCN(c1ccc(C(C)O)nc1)C(C)C. The fourth-order valence-corrected chi connectivity index (χ4v) is 2.03. The molecule has 0 aromatic carbocycles. The monoisotopic (exact) mass is 250 g/mol. The molecule has 1 heterocycles. The van der Waals surface area contributed by atoms with Gasteiger partial charge in [-0.3, -0.25) is 4.98 Å². The molecular weight excluding hydrogens is 224 g/mol. The minimum absolute atomic E-state index is 0.473. The van der Waals surface area contributed by atoms with Crippen molar-refractivity contribution in [3.63, 3.8) is 0 Å². The van der Waals surface area contributed by atoms with E-state index in [0.29, 0.717) is 6.04 Å². The van der Waals surface area contributed by atoms with Crippen molar-refractivity contribution in [2.75, 3.05) is 11.4 Å². The molecule has 0 saturated heterocycles. The van der Waals surface area contributed by atoms with Gasteiger partial charge in [-0.1, -0.05) is 19.8 Å². The first-order valence-electron chi connectivity index (χ1n) is 6.97. The maximum atomic E-state index is 9.46. The highest BCUT2D eigenvalue weighted by molar-refractivity contribution is 5.45. The predicted molar refractivity (Wildman–Crippen MR) is 76.9 cm³/mol. The molecule has 1 aromatic heterocycles. The van der Waals surface area contributed by atoms with Crippen molar-refractivity contribution < 1.29 is 5.11 Å². The van der Waals surface area contributed by atoms with Crippen molar-refractivity contribution in [2.45, 2.75) is 59.1 Å². The van der Waals surface area contributed by atoms with E-state index in [1.165, 1.54) is 19.3 Å². The van der Waals surface area contributed by atoms with Gasteiger partial charge in [0.2, 0.25) is 0 Å². The summed E-state index contributed by atoms with van der Waals surface area (Å²) in [6.07, 6.45) is 5.10. The van der Waals surface area contributed by atoms with E-state index in [0.717, 1.165) is 17.9 Å². The van der Waals surface area contributed by atoms with Gasteiger partial charge in [0.15, 0.2) is 0 Å². The van der Waals surface area contributed by atoms with E-state index >= 15 is 0 Å². The highest BCUT2D eigenvalue weighted by Crippen LogP contribution is 2.19. The minimum atomic E-state index is -0.494. The van der Waals surface area contributed by atoms with Crippen LogP contribution in [0.5, 0.6) is 0 Å². The number of anilines is 1. The third-order valence-corrected chi connectivity index (χ3v) is 3.16. The Balaban J connectivity index is 2.72. The number of nitrogens with zero attached hydrogens (tertiary/aromatic N) is 2. The predicted octanol–water partition coefficient (Wildman–Crippen LogP) is 3.54. The quantitative estimate of drug-likeness (QED) is 0.752. The van der Waals surface area contributed by atoms with Gasteiger partial charge >= 0.3 is 0 Å². The lowest BCUT2D eigenvalue weighted by Gasteiger charge is -2.29. The lowest BCUT2D eigenvalue weighted by Crippen LogP contribution is -2.31. The molecule has 1 aromatic rings. The van der Waals surface area contributed by atoms with Gasteiger partial charge < -0.3 is 10.0 Å². The zero-order valence-corrected chi connectivity index (χ0v) is 12.1. The van der Waals surface area contributed by atoms with E-state index in [-0.39, 0.29) is 0 Å². The van der Waals surface area contributed by atoms with Gasteiger partial charge in [0.1, 0.15) is 0 Å². The van der Waals surface area contributed by atoms with Crippen molar-refractivity contribution in [2.24, 2.45) is 0 Å². The summed E-state index contributed by atoms with van der Waals surface area (Å²) in [5.74, 6) is 0. The molecule has 1 N–H and O–H groups in total. The van der Waals surface area contributed by atoms with E-state index in [4.69, 9.17) is 0 Å². The molecule has 1 atom stereocenters. The Kier molecular flexibility index (Phi) is 6.13. The third kappa shape index (κ3) is 4.30. The molecule has 3 heteroatoms. The smallest absolute Gasteiger partial charge is 0.0931 e. The second kappa shape index (κ2) is 7.37. The van der Waals surface area contributed by atoms with Crippen LogP contribution in [0.25, 0.3) is 0 Å². The first-order valence-corrected chi connectivity index (χ1v) is 6.97. The zero-order chi connectivity index (χ0) is 13.5. The van der Waals surface area contributed by atoms with Gasteiger partial charge in [0, 0.05) is 12.6 Å². The van der Waals surface area contributed by atoms with Crippen LogP contribution in [0.15, 0.2) is 18.3 Å². The van der Waals surface area contributed by atoms with Crippen molar-refractivity contribution in [3.8, 4) is 0 Å². The Labute approximate surface area is 111 Å². The number of pyridine rings is 1.